The van der Waals surface area contributed by atoms with Crippen LogP contribution in [0.5, 0.6) is 5.88 Å². The fourth-order valence-corrected chi connectivity index (χ4v) is 3.31. The van der Waals surface area contributed by atoms with Gasteiger partial charge in [0.2, 0.25) is 15.9 Å². The largest absolute Gasteiger partial charge is 0.478 e. The number of H-pyrrole nitrogens is 1. The van der Waals surface area contributed by atoms with Gasteiger partial charge in [-0.25, -0.2) is 8.42 Å². The van der Waals surface area contributed by atoms with Crippen LogP contribution in [0.15, 0.2) is 42.5 Å². The maximum Gasteiger partial charge on any atom is 0.254 e. The van der Waals surface area contributed by atoms with Crippen molar-refractivity contribution < 1.29 is 17.9 Å². The number of primary amides is 1. The molecule has 30 heavy (non-hydrogen) atoms. The van der Waals surface area contributed by atoms with Crippen LogP contribution in [0.25, 0.3) is 11.3 Å². The smallest absolute Gasteiger partial charge is 0.254 e. The molecule has 10 nitrogen and oxygen atoms in total. The maximum absolute atomic E-state index is 12.1. The molecule has 1 aromatic carbocycles. The number of rotatable bonds is 9. The minimum absolute atomic E-state index is 0.0331. The molecule has 1 amide bonds. The third-order valence-corrected chi connectivity index (χ3v) is 5.41. The van der Waals surface area contributed by atoms with Crippen molar-refractivity contribution in [1.82, 2.24) is 15.2 Å². The maximum atomic E-state index is 12.1. The predicted octanol–water partition coefficient (Wildman–Crippen LogP) is 2.47. The molecule has 3 aromatic rings. The predicted molar refractivity (Wildman–Crippen MR) is 114 cm³/mol. The molecule has 0 radical (unpaired) electrons. The van der Waals surface area contributed by atoms with Gasteiger partial charge in [-0.2, -0.15) is 10.1 Å². The van der Waals surface area contributed by atoms with E-state index in [1.54, 1.807) is 49.4 Å². The quantitative estimate of drug-likeness (QED) is 0.407. The summed E-state index contributed by atoms with van der Waals surface area (Å²) in [4.78, 5) is 16.4. The van der Waals surface area contributed by atoms with Gasteiger partial charge < -0.3 is 15.8 Å². The van der Waals surface area contributed by atoms with Crippen LogP contribution in [-0.4, -0.2) is 41.9 Å². The van der Waals surface area contributed by atoms with E-state index in [9.17, 15) is 13.2 Å². The highest BCUT2D eigenvalue weighted by molar-refractivity contribution is 7.92. The monoisotopic (exact) mass is 430 g/mol. The van der Waals surface area contributed by atoms with Gasteiger partial charge in [-0.15, -0.1) is 0 Å². The first-order valence-electron chi connectivity index (χ1n) is 9.19. The third-order valence-electron chi connectivity index (χ3n) is 4.10. The van der Waals surface area contributed by atoms with E-state index in [0.717, 1.165) is 0 Å². The standard InChI is InChI=1S/C19H22N6O4S/c1-3-29-15-7-5-6-14(21-15)22-19-16(18(20)26)17(23-24-19)12-8-10-13(11-9-12)25-30(27,28)4-2/h5-11,25H,3-4H2,1-2H3,(H2,20,26)(H2,21,22,23,24). The minimum Gasteiger partial charge on any atom is -0.478 e. The lowest BCUT2D eigenvalue weighted by Gasteiger charge is -2.08. The molecule has 158 valence electrons. The first-order chi connectivity index (χ1) is 14.3. The van der Waals surface area contributed by atoms with Crippen LogP contribution in [0, 0.1) is 0 Å². The van der Waals surface area contributed by atoms with Crippen LogP contribution in [0.3, 0.4) is 0 Å². The number of nitrogens with two attached hydrogens (primary N) is 1. The molecule has 2 heterocycles. The number of amides is 1. The molecule has 0 saturated heterocycles. The van der Waals surface area contributed by atoms with Crippen molar-refractivity contribution >= 4 is 33.3 Å². The molecule has 0 bridgehead atoms. The summed E-state index contributed by atoms with van der Waals surface area (Å²) in [5.41, 5.74) is 7.16. The lowest BCUT2D eigenvalue weighted by molar-refractivity contribution is 0.100. The molecule has 11 heteroatoms. The normalized spacial score (nSPS) is 11.1. The van der Waals surface area contributed by atoms with Crippen molar-refractivity contribution in [3.05, 3.63) is 48.0 Å². The Bertz CT molecular complexity index is 1140. The van der Waals surface area contributed by atoms with Gasteiger partial charge in [0.25, 0.3) is 5.91 Å². The molecule has 0 unspecified atom stereocenters. The molecule has 5 N–H and O–H groups in total. The minimum atomic E-state index is -3.38. The van der Waals surface area contributed by atoms with Crippen molar-refractivity contribution in [2.45, 2.75) is 13.8 Å². The van der Waals surface area contributed by atoms with Gasteiger partial charge in [0.05, 0.1) is 18.1 Å². The van der Waals surface area contributed by atoms with E-state index in [1.807, 2.05) is 6.92 Å². The van der Waals surface area contributed by atoms with Gasteiger partial charge in [-0.05, 0) is 32.0 Å². The van der Waals surface area contributed by atoms with E-state index in [4.69, 9.17) is 10.5 Å². The number of aromatic amines is 1. The number of carbonyl (C=O) groups is 1. The van der Waals surface area contributed by atoms with Crippen LogP contribution >= 0.6 is 0 Å². The highest BCUT2D eigenvalue weighted by Crippen LogP contribution is 2.29. The number of carbonyl (C=O) groups excluding carboxylic acids is 1. The van der Waals surface area contributed by atoms with Crippen molar-refractivity contribution in [3.63, 3.8) is 0 Å². The fraction of sp³-hybridized carbons (Fsp3) is 0.211. The van der Waals surface area contributed by atoms with E-state index in [-0.39, 0.29) is 17.1 Å². The second-order valence-corrected chi connectivity index (χ2v) is 8.20. The lowest BCUT2D eigenvalue weighted by atomic mass is 10.1. The van der Waals surface area contributed by atoms with Crippen molar-refractivity contribution in [2.24, 2.45) is 5.73 Å². The van der Waals surface area contributed by atoms with E-state index in [1.165, 1.54) is 0 Å². The Morgan fingerprint density at radius 1 is 1.17 bits per heavy atom. The van der Waals surface area contributed by atoms with Gasteiger partial charge in [-0.1, -0.05) is 18.2 Å². The average molecular weight is 430 g/mol. The number of anilines is 3. The highest BCUT2D eigenvalue weighted by atomic mass is 32.2. The second kappa shape index (κ2) is 8.82. The molecule has 0 aliphatic heterocycles. The zero-order valence-electron chi connectivity index (χ0n) is 16.5. The fourth-order valence-electron chi connectivity index (χ4n) is 2.67. The van der Waals surface area contributed by atoms with Crippen LogP contribution in [-0.2, 0) is 10.0 Å². The SMILES string of the molecule is CCOc1cccc(Nc2n[nH]c(-c3ccc(NS(=O)(=O)CC)cc3)c2C(N)=O)n1. The van der Waals surface area contributed by atoms with E-state index in [2.05, 4.69) is 25.2 Å². The summed E-state index contributed by atoms with van der Waals surface area (Å²) in [7, 11) is -3.38. The summed E-state index contributed by atoms with van der Waals surface area (Å²) >= 11 is 0. The molecule has 0 atom stereocenters. The van der Waals surface area contributed by atoms with Crippen LogP contribution in [0.1, 0.15) is 24.2 Å². The molecular weight excluding hydrogens is 408 g/mol. The number of nitrogens with zero attached hydrogens (tertiary/aromatic N) is 2. The topological polar surface area (TPSA) is 152 Å². The number of aromatic nitrogens is 3. The number of sulfonamides is 1. The van der Waals surface area contributed by atoms with Gasteiger partial charge >= 0.3 is 0 Å². The molecular formula is C19H22N6O4S. The van der Waals surface area contributed by atoms with Crippen LogP contribution in [0.2, 0.25) is 0 Å². The summed E-state index contributed by atoms with van der Waals surface area (Å²) in [6.07, 6.45) is 0. The van der Waals surface area contributed by atoms with E-state index < -0.39 is 15.9 Å². The van der Waals surface area contributed by atoms with Gasteiger partial charge in [-0.3, -0.25) is 14.6 Å². The molecule has 0 fully saturated rings. The summed E-state index contributed by atoms with van der Waals surface area (Å²) in [6.45, 7) is 3.87. The average Bonchev–Trinajstić information content (AvgIpc) is 3.12. The zero-order chi connectivity index (χ0) is 21.7. The summed E-state index contributed by atoms with van der Waals surface area (Å²) in [5.74, 6) is 0.372. The van der Waals surface area contributed by atoms with Crippen LogP contribution < -0.4 is 20.5 Å². The number of pyridine rings is 1. The summed E-state index contributed by atoms with van der Waals surface area (Å²) in [6, 6.07) is 11.7. The number of hydrogen-bond acceptors (Lipinski definition) is 7. The Hall–Kier alpha value is -3.60. The summed E-state index contributed by atoms with van der Waals surface area (Å²) in [5, 5.41) is 9.92. The van der Waals surface area contributed by atoms with E-state index in [0.29, 0.717) is 35.2 Å². The molecule has 3 rings (SSSR count). The van der Waals surface area contributed by atoms with Gasteiger partial charge in [0.15, 0.2) is 5.82 Å². The van der Waals surface area contributed by atoms with Crippen molar-refractivity contribution in [3.8, 4) is 17.1 Å². The van der Waals surface area contributed by atoms with Crippen molar-refractivity contribution in [1.29, 1.82) is 0 Å². The molecule has 2 aromatic heterocycles. The molecule has 0 aliphatic carbocycles. The zero-order valence-corrected chi connectivity index (χ0v) is 17.3. The molecule has 0 spiro atoms. The Labute approximate surface area is 173 Å². The Balaban J connectivity index is 1.89. The van der Waals surface area contributed by atoms with Gasteiger partial charge in [0, 0.05) is 17.3 Å². The first kappa shape index (κ1) is 21.1. The Kier molecular flexibility index (Phi) is 6.21. The molecule has 0 saturated carbocycles. The van der Waals surface area contributed by atoms with Crippen molar-refractivity contribution in [2.75, 3.05) is 22.4 Å². The number of ether oxygens (including phenoxy) is 1. The number of benzene rings is 1. The second-order valence-electron chi connectivity index (χ2n) is 6.19. The van der Waals surface area contributed by atoms with Crippen LogP contribution in [0.4, 0.5) is 17.3 Å². The highest BCUT2D eigenvalue weighted by Gasteiger charge is 2.20. The summed E-state index contributed by atoms with van der Waals surface area (Å²) < 4.78 is 31.2. The molecule has 0 aliphatic rings. The first-order valence-corrected chi connectivity index (χ1v) is 10.8. The number of nitrogens with one attached hydrogen (secondary N) is 3. The number of hydrogen-bond donors (Lipinski definition) is 4. The third kappa shape index (κ3) is 4.87. The Morgan fingerprint density at radius 2 is 1.90 bits per heavy atom. The van der Waals surface area contributed by atoms with Gasteiger partial charge in [0.1, 0.15) is 11.4 Å². The van der Waals surface area contributed by atoms with E-state index >= 15 is 0 Å². The Morgan fingerprint density at radius 3 is 2.53 bits per heavy atom. The lowest BCUT2D eigenvalue weighted by Crippen LogP contribution is -2.14.